The number of hydrogen-bond donors (Lipinski definition) is 1. The number of H-pyrrole nitrogens is 1. The Balaban J connectivity index is 1.59. The van der Waals surface area contributed by atoms with Gasteiger partial charge >= 0.3 is 0 Å². The molecule has 1 unspecified atom stereocenters. The molecule has 2 saturated heterocycles. The van der Waals surface area contributed by atoms with Gasteiger partial charge in [-0.15, -0.1) is 0 Å². The van der Waals surface area contributed by atoms with Gasteiger partial charge in [-0.2, -0.15) is 0 Å². The van der Waals surface area contributed by atoms with Crippen molar-refractivity contribution in [1.82, 2.24) is 14.8 Å². The second-order valence-electron chi connectivity index (χ2n) is 5.52. The molecule has 7 heteroatoms. The summed E-state index contributed by atoms with van der Waals surface area (Å²) in [5.74, 6) is -0.0791. The Morgan fingerprint density at radius 1 is 1.45 bits per heavy atom. The molecule has 3 rings (SSSR count). The average molecular weight is 278 g/mol. The van der Waals surface area contributed by atoms with Crippen LogP contribution in [0.4, 0.5) is 5.69 Å². The summed E-state index contributed by atoms with van der Waals surface area (Å²) < 4.78 is 0. The van der Waals surface area contributed by atoms with E-state index in [-0.39, 0.29) is 11.5 Å². The Morgan fingerprint density at radius 3 is 3.05 bits per heavy atom. The number of carbonyl (C=O) groups is 1. The number of aromatic nitrogens is 1. The van der Waals surface area contributed by atoms with Gasteiger partial charge in [0.05, 0.1) is 23.4 Å². The third kappa shape index (κ3) is 2.59. The summed E-state index contributed by atoms with van der Waals surface area (Å²) in [6.45, 7) is 4.35. The fourth-order valence-corrected chi connectivity index (χ4v) is 3.14. The SMILES string of the molecule is O=C(CN1CCN2CCCC2C1)c1cc([N+](=O)[O-])c[nH]1. The summed E-state index contributed by atoms with van der Waals surface area (Å²) in [4.78, 5) is 29.6. The van der Waals surface area contributed by atoms with E-state index in [0.29, 0.717) is 18.3 Å². The Bertz CT molecular complexity index is 527. The molecule has 2 aliphatic heterocycles. The van der Waals surface area contributed by atoms with Gasteiger partial charge in [0.1, 0.15) is 0 Å². The number of carbonyl (C=O) groups excluding carboxylic acids is 1. The van der Waals surface area contributed by atoms with Gasteiger partial charge in [-0.3, -0.25) is 24.7 Å². The highest BCUT2D eigenvalue weighted by atomic mass is 16.6. The topological polar surface area (TPSA) is 82.5 Å². The first-order chi connectivity index (χ1) is 9.63. The largest absolute Gasteiger partial charge is 0.353 e. The minimum atomic E-state index is -0.495. The van der Waals surface area contributed by atoms with Crippen molar-refractivity contribution in [3.8, 4) is 0 Å². The van der Waals surface area contributed by atoms with E-state index < -0.39 is 4.92 Å². The van der Waals surface area contributed by atoms with Crippen LogP contribution in [-0.2, 0) is 0 Å². The molecule has 1 aromatic heterocycles. The van der Waals surface area contributed by atoms with Gasteiger partial charge in [-0.05, 0) is 19.4 Å². The third-order valence-corrected chi connectivity index (χ3v) is 4.22. The van der Waals surface area contributed by atoms with E-state index in [1.54, 1.807) is 0 Å². The molecule has 20 heavy (non-hydrogen) atoms. The number of aromatic amines is 1. The van der Waals surface area contributed by atoms with Gasteiger partial charge < -0.3 is 4.98 Å². The fourth-order valence-electron chi connectivity index (χ4n) is 3.14. The Hall–Kier alpha value is -1.73. The van der Waals surface area contributed by atoms with Crippen molar-refractivity contribution in [1.29, 1.82) is 0 Å². The number of fused-ring (bicyclic) bond motifs is 1. The van der Waals surface area contributed by atoms with Gasteiger partial charge in [-0.25, -0.2) is 0 Å². The van der Waals surface area contributed by atoms with Gasteiger partial charge in [0.25, 0.3) is 5.69 Å². The molecule has 0 radical (unpaired) electrons. The quantitative estimate of drug-likeness (QED) is 0.502. The van der Waals surface area contributed by atoms with E-state index in [9.17, 15) is 14.9 Å². The molecule has 1 aromatic rings. The lowest BCUT2D eigenvalue weighted by Crippen LogP contribution is -2.51. The number of Topliss-reactive ketones (excluding diaryl/α,β-unsaturated/α-hetero) is 1. The smallest absolute Gasteiger partial charge is 0.287 e. The van der Waals surface area contributed by atoms with E-state index in [1.807, 2.05) is 0 Å². The second kappa shape index (κ2) is 5.34. The van der Waals surface area contributed by atoms with Gasteiger partial charge in [0.15, 0.2) is 5.78 Å². The molecule has 7 nitrogen and oxygen atoms in total. The van der Waals surface area contributed by atoms with Crippen molar-refractivity contribution in [3.05, 3.63) is 28.1 Å². The average Bonchev–Trinajstić information content (AvgIpc) is 3.07. The van der Waals surface area contributed by atoms with Crippen LogP contribution in [0.15, 0.2) is 12.3 Å². The van der Waals surface area contributed by atoms with Crippen molar-refractivity contribution in [2.75, 3.05) is 32.7 Å². The predicted octanol–water partition coefficient (Wildman–Crippen LogP) is 0.886. The highest BCUT2D eigenvalue weighted by Crippen LogP contribution is 2.21. The lowest BCUT2D eigenvalue weighted by atomic mass is 10.1. The molecular weight excluding hydrogens is 260 g/mol. The van der Waals surface area contributed by atoms with Crippen LogP contribution in [0.3, 0.4) is 0 Å². The van der Waals surface area contributed by atoms with Gasteiger partial charge in [0, 0.05) is 31.7 Å². The Labute approximate surface area is 116 Å². The first kappa shape index (κ1) is 13.3. The van der Waals surface area contributed by atoms with Crippen LogP contribution in [0, 0.1) is 10.1 Å². The van der Waals surface area contributed by atoms with E-state index in [1.165, 1.54) is 31.6 Å². The minimum absolute atomic E-state index is 0.0611. The molecule has 2 aliphatic rings. The summed E-state index contributed by atoms with van der Waals surface area (Å²) in [7, 11) is 0. The lowest BCUT2D eigenvalue weighted by molar-refractivity contribution is -0.384. The van der Waals surface area contributed by atoms with Crippen molar-refractivity contribution in [2.24, 2.45) is 0 Å². The molecule has 0 bridgehead atoms. The van der Waals surface area contributed by atoms with Crippen molar-refractivity contribution < 1.29 is 9.72 Å². The maximum absolute atomic E-state index is 12.1. The van der Waals surface area contributed by atoms with Crippen LogP contribution in [-0.4, -0.2) is 64.3 Å². The summed E-state index contributed by atoms with van der Waals surface area (Å²) in [6, 6.07) is 1.89. The van der Waals surface area contributed by atoms with E-state index in [4.69, 9.17) is 0 Å². The molecule has 0 aliphatic carbocycles. The molecule has 0 spiro atoms. The van der Waals surface area contributed by atoms with Gasteiger partial charge in [0.2, 0.25) is 0 Å². The molecule has 0 amide bonds. The lowest BCUT2D eigenvalue weighted by Gasteiger charge is -2.37. The summed E-state index contributed by atoms with van der Waals surface area (Å²) in [5.41, 5.74) is 0.263. The first-order valence-corrected chi connectivity index (χ1v) is 6.96. The summed E-state index contributed by atoms with van der Waals surface area (Å²) in [5, 5.41) is 10.6. The van der Waals surface area contributed by atoms with Crippen LogP contribution < -0.4 is 0 Å². The van der Waals surface area contributed by atoms with Crippen molar-refractivity contribution in [3.63, 3.8) is 0 Å². The van der Waals surface area contributed by atoms with Crippen molar-refractivity contribution >= 4 is 11.5 Å². The van der Waals surface area contributed by atoms with Crippen LogP contribution in [0.1, 0.15) is 23.3 Å². The van der Waals surface area contributed by atoms with E-state index in [0.717, 1.165) is 19.6 Å². The molecule has 1 N–H and O–H groups in total. The number of nitrogens with one attached hydrogen (secondary N) is 1. The molecule has 108 valence electrons. The van der Waals surface area contributed by atoms with Crippen LogP contribution >= 0.6 is 0 Å². The zero-order valence-electron chi connectivity index (χ0n) is 11.2. The molecule has 1 atom stereocenters. The summed E-state index contributed by atoms with van der Waals surface area (Å²) in [6.07, 6.45) is 3.72. The maximum Gasteiger partial charge on any atom is 0.287 e. The standard InChI is InChI=1S/C13H18N4O3/c18-13(12-6-11(7-14-12)17(19)20)9-15-4-5-16-3-1-2-10(16)8-15/h6-7,10,14H,1-5,8-9H2. The molecule has 3 heterocycles. The Morgan fingerprint density at radius 2 is 2.30 bits per heavy atom. The zero-order valence-corrected chi connectivity index (χ0v) is 11.2. The highest BCUT2D eigenvalue weighted by molar-refractivity contribution is 5.96. The van der Waals surface area contributed by atoms with Crippen LogP contribution in [0.25, 0.3) is 0 Å². The van der Waals surface area contributed by atoms with Crippen molar-refractivity contribution in [2.45, 2.75) is 18.9 Å². The Kier molecular flexibility index (Phi) is 3.54. The third-order valence-electron chi connectivity index (χ3n) is 4.22. The highest BCUT2D eigenvalue weighted by Gasteiger charge is 2.31. The molecular formula is C13H18N4O3. The first-order valence-electron chi connectivity index (χ1n) is 6.96. The number of nitrogens with zero attached hydrogens (tertiary/aromatic N) is 3. The van der Waals surface area contributed by atoms with Crippen LogP contribution in [0.2, 0.25) is 0 Å². The molecule has 2 fully saturated rings. The monoisotopic (exact) mass is 278 g/mol. The molecule has 0 saturated carbocycles. The predicted molar refractivity (Wildman–Crippen MR) is 72.8 cm³/mol. The van der Waals surface area contributed by atoms with E-state index in [2.05, 4.69) is 14.8 Å². The number of hydrogen-bond acceptors (Lipinski definition) is 5. The fraction of sp³-hybridized carbons (Fsp3) is 0.615. The minimum Gasteiger partial charge on any atom is -0.353 e. The number of rotatable bonds is 4. The number of piperazine rings is 1. The maximum atomic E-state index is 12.1. The number of nitro groups is 1. The normalized spacial score (nSPS) is 23.7. The second-order valence-corrected chi connectivity index (χ2v) is 5.52. The van der Waals surface area contributed by atoms with E-state index >= 15 is 0 Å². The molecule has 0 aromatic carbocycles. The van der Waals surface area contributed by atoms with Gasteiger partial charge in [-0.1, -0.05) is 0 Å². The van der Waals surface area contributed by atoms with Crippen LogP contribution in [0.5, 0.6) is 0 Å². The number of ketones is 1. The summed E-state index contributed by atoms with van der Waals surface area (Å²) >= 11 is 0. The zero-order chi connectivity index (χ0) is 14.1.